The molecule has 35 heavy (non-hydrogen) atoms. The summed E-state index contributed by atoms with van der Waals surface area (Å²) in [5, 5.41) is 10.9. The number of aliphatic hydroxyl groups is 1. The van der Waals surface area contributed by atoms with Gasteiger partial charge in [0.15, 0.2) is 5.75 Å². The van der Waals surface area contributed by atoms with Crippen LogP contribution in [-0.2, 0) is 10.0 Å². The van der Waals surface area contributed by atoms with Crippen molar-refractivity contribution in [2.75, 3.05) is 30.5 Å². The molecule has 0 radical (unpaired) electrons. The minimum atomic E-state index is -3.85. The number of β-amino-alcohol motifs (C(OH)–C–C–N with tert-alkyl or cyclic N) is 1. The van der Waals surface area contributed by atoms with E-state index in [1.165, 1.54) is 10.4 Å². The molecule has 1 N–H and O–H groups in total. The van der Waals surface area contributed by atoms with Crippen LogP contribution < -0.4 is 9.04 Å². The van der Waals surface area contributed by atoms with Crippen LogP contribution in [0, 0.1) is 5.92 Å². The Kier molecular flexibility index (Phi) is 7.93. The minimum absolute atomic E-state index is 0. The van der Waals surface area contributed by atoms with Crippen LogP contribution in [0.5, 0.6) is 11.5 Å². The Morgan fingerprint density at radius 3 is 2.40 bits per heavy atom. The smallest absolute Gasteiger partial charge is 0.268 e. The molecule has 1 fully saturated rings. The molecule has 6 nitrogen and oxygen atoms in total. The van der Waals surface area contributed by atoms with E-state index in [1.54, 1.807) is 24.3 Å². The largest absolute Gasteiger partial charge is 0.454 e. The zero-order valence-corrected chi connectivity index (χ0v) is 21.5. The summed E-state index contributed by atoms with van der Waals surface area (Å²) in [5.74, 6) is 0.980. The Hall–Kier alpha value is -2.29. The first kappa shape index (κ1) is 25.8. The third-order valence-corrected chi connectivity index (χ3v) is 8.61. The maximum Gasteiger partial charge on any atom is 0.268 e. The van der Waals surface area contributed by atoms with Gasteiger partial charge in [-0.1, -0.05) is 54.1 Å². The van der Waals surface area contributed by atoms with Crippen molar-refractivity contribution >= 4 is 39.7 Å². The fraction of sp³-hybridized carbons (Fsp3) is 0.308. The average Bonchev–Trinajstić information content (AvgIpc) is 2.93. The highest BCUT2D eigenvalue weighted by molar-refractivity contribution is 7.93. The lowest BCUT2D eigenvalue weighted by Crippen LogP contribution is -2.42. The standard InChI is InChI=1S/C26H27ClN2O4S.ClH/c27-21-10-11-25-26(16-21)34(31,32)29(22-8-4-5-9-24(22)33-25)17-19-12-14-28(15-13-19)18-23(30)20-6-2-1-3-7-20;/h1-11,16,19,23,30H,12-15,17-18H2;1H/t23-;/m0./s1. The number of nitrogens with zero attached hydrogens (tertiary/aromatic N) is 2. The van der Waals surface area contributed by atoms with Gasteiger partial charge in [-0.2, -0.15) is 0 Å². The quantitative estimate of drug-likeness (QED) is 0.467. The summed E-state index contributed by atoms with van der Waals surface area (Å²) in [6.07, 6.45) is 1.16. The molecule has 0 spiro atoms. The molecule has 2 aliphatic heterocycles. The Balaban J connectivity index is 0.00000289. The first-order valence-corrected chi connectivity index (χ1v) is 13.3. The molecule has 2 heterocycles. The summed E-state index contributed by atoms with van der Waals surface area (Å²) < 4.78 is 34.9. The molecule has 9 heteroatoms. The lowest BCUT2D eigenvalue weighted by atomic mass is 9.96. The van der Waals surface area contributed by atoms with Crippen LogP contribution in [0.4, 0.5) is 5.69 Å². The molecule has 0 saturated carbocycles. The number of fused-ring (bicyclic) bond motifs is 2. The van der Waals surface area contributed by atoms with Gasteiger partial charge in [-0.3, -0.25) is 4.31 Å². The van der Waals surface area contributed by atoms with Gasteiger partial charge in [0.05, 0.1) is 11.8 Å². The Morgan fingerprint density at radius 2 is 1.66 bits per heavy atom. The van der Waals surface area contributed by atoms with Gasteiger partial charge in [0.2, 0.25) is 0 Å². The van der Waals surface area contributed by atoms with E-state index in [0.29, 0.717) is 29.5 Å². The summed E-state index contributed by atoms with van der Waals surface area (Å²) in [7, 11) is -3.85. The highest BCUT2D eigenvalue weighted by atomic mass is 35.5. The van der Waals surface area contributed by atoms with Crippen LogP contribution in [0.3, 0.4) is 0 Å². The van der Waals surface area contributed by atoms with Gasteiger partial charge >= 0.3 is 0 Å². The van der Waals surface area contributed by atoms with Gasteiger partial charge < -0.3 is 14.7 Å². The van der Waals surface area contributed by atoms with Gasteiger partial charge in [0, 0.05) is 18.1 Å². The Labute approximate surface area is 217 Å². The molecule has 3 aromatic carbocycles. The van der Waals surface area contributed by atoms with E-state index in [0.717, 1.165) is 31.5 Å². The van der Waals surface area contributed by atoms with Crippen LogP contribution in [0.15, 0.2) is 77.7 Å². The van der Waals surface area contributed by atoms with E-state index in [9.17, 15) is 13.5 Å². The fourth-order valence-corrected chi connectivity index (χ4v) is 6.62. The van der Waals surface area contributed by atoms with Crippen molar-refractivity contribution < 1.29 is 18.3 Å². The van der Waals surface area contributed by atoms with Gasteiger partial charge in [0.25, 0.3) is 10.0 Å². The van der Waals surface area contributed by atoms with E-state index in [4.69, 9.17) is 16.3 Å². The molecule has 5 rings (SSSR count). The predicted octanol–water partition coefficient (Wildman–Crippen LogP) is 5.51. The number of benzene rings is 3. The Bertz CT molecular complexity index is 1270. The van der Waals surface area contributed by atoms with Crippen LogP contribution in [0.1, 0.15) is 24.5 Å². The van der Waals surface area contributed by atoms with Crippen LogP contribution in [0.25, 0.3) is 0 Å². The normalized spacial score (nSPS) is 18.4. The summed E-state index contributed by atoms with van der Waals surface area (Å²) in [6.45, 7) is 2.55. The number of anilines is 1. The maximum absolute atomic E-state index is 13.7. The van der Waals surface area contributed by atoms with Gasteiger partial charge in [0.1, 0.15) is 10.6 Å². The summed E-state index contributed by atoms with van der Waals surface area (Å²) in [5.41, 5.74) is 1.45. The predicted molar refractivity (Wildman–Crippen MR) is 140 cm³/mol. The van der Waals surface area contributed by atoms with E-state index in [-0.39, 0.29) is 29.0 Å². The van der Waals surface area contributed by atoms with Gasteiger partial charge in [-0.15, -0.1) is 12.4 Å². The van der Waals surface area contributed by atoms with Gasteiger partial charge in [-0.25, -0.2) is 8.42 Å². The molecule has 3 aromatic rings. The lowest BCUT2D eigenvalue weighted by molar-refractivity contribution is 0.0905. The number of ether oxygens (including phenoxy) is 1. The van der Waals surface area contributed by atoms with Crippen molar-refractivity contribution in [2.24, 2.45) is 5.92 Å². The highest BCUT2D eigenvalue weighted by Gasteiger charge is 2.36. The molecule has 1 atom stereocenters. The third-order valence-electron chi connectivity index (χ3n) is 6.57. The van der Waals surface area contributed by atoms with E-state index in [1.807, 2.05) is 42.5 Å². The van der Waals surface area contributed by atoms with E-state index >= 15 is 0 Å². The molecule has 0 bridgehead atoms. The molecule has 1 saturated heterocycles. The highest BCUT2D eigenvalue weighted by Crippen LogP contribution is 2.43. The second kappa shape index (κ2) is 10.8. The van der Waals surface area contributed by atoms with Crippen molar-refractivity contribution in [1.29, 1.82) is 0 Å². The third kappa shape index (κ3) is 5.44. The SMILES string of the molecule is Cl.O=S1(=O)c2cc(Cl)ccc2Oc2ccccc2N1CC1CCN(C[C@H](O)c2ccccc2)CC1. The van der Waals surface area contributed by atoms with Crippen LogP contribution in [0.2, 0.25) is 5.02 Å². The van der Waals surface area contributed by atoms with Gasteiger partial charge in [-0.05, 0) is 67.7 Å². The molecule has 0 aromatic heterocycles. The molecular formula is C26H28Cl2N2O4S. The lowest BCUT2D eigenvalue weighted by Gasteiger charge is -2.35. The summed E-state index contributed by atoms with van der Waals surface area (Å²) in [4.78, 5) is 2.33. The number of piperidine rings is 1. The van der Waals surface area contributed by atoms with Crippen molar-refractivity contribution in [1.82, 2.24) is 4.90 Å². The number of hydrogen-bond donors (Lipinski definition) is 1. The van der Waals surface area contributed by atoms with Crippen molar-refractivity contribution in [3.8, 4) is 11.5 Å². The molecule has 0 unspecified atom stereocenters. The van der Waals surface area contributed by atoms with Crippen molar-refractivity contribution in [2.45, 2.75) is 23.8 Å². The molecule has 2 aliphatic rings. The second-order valence-electron chi connectivity index (χ2n) is 8.87. The summed E-state index contributed by atoms with van der Waals surface area (Å²) in [6, 6.07) is 21.6. The van der Waals surface area contributed by atoms with Crippen molar-refractivity contribution in [3.05, 3.63) is 83.4 Å². The topological polar surface area (TPSA) is 70.1 Å². The monoisotopic (exact) mass is 534 g/mol. The number of rotatable bonds is 5. The summed E-state index contributed by atoms with van der Waals surface area (Å²) >= 11 is 6.15. The van der Waals surface area contributed by atoms with Crippen molar-refractivity contribution in [3.63, 3.8) is 0 Å². The van der Waals surface area contributed by atoms with Crippen LogP contribution in [-0.4, -0.2) is 44.6 Å². The number of para-hydroxylation sites is 2. The number of likely N-dealkylation sites (tertiary alicyclic amines) is 1. The molecule has 0 aliphatic carbocycles. The zero-order valence-electron chi connectivity index (χ0n) is 19.1. The average molecular weight is 535 g/mol. The number of halogens is 2. The second-order valence-corrected chi connectivity index (χ2v) is 11.1. The minimum Gasteiger partial charge on any atom is -0.454 e. The Morgan fingerprint density at radius 1 is 0.971 bits per heavy atom. The number of aliphatic hydroxyl groups excluding tert-OH is 1. The zero-order chi connectivity index (χ0) is 23.7. The molecule has 186 valence electrons. The van der Waals surface area contributed by atoms with Crippen LogP contribution >= 0.6 is 24.0 Å². The maximum atomic E-state index is 13.7. The molecule has 0 amide bonds. The number of hydrogen-bond acceptors (Lipinski definition) is 5. The molecular weight excluding hydrogens is 507 g/mol. The fourth-order valence-electron chi connectivity index (χ4n) is 4.69. The first-order chi connectivity index (χ1) is 16.4. The first-order valence-electron chi connectivity index (χ1n) is 11.5. The van der Waals surface area contributed by atoms with E-state index in [2.05, 4.69) is 4.90 Å². The number of sulfonamides is 1. The van der Waals surface area contributed by atoms with E-state index < -0.39 is 16.1 Å².